The highest BCUT2D eigenvalue weighted by atomic mass is 33.1. The van der Waals surface area contributed by atoms with Gasteiger partial charge in [-0.15, -0.1) is 18.2 Å². The van der Waals surface area contributed by atoms with E-state index in [1.165, 1.54) is 20.5 Å². The normalized spacial score (nSPS) is 19.0. The summed E-state index contributed by atoms with van der Waals surface area (Å²) in [7, 11) is 3.99. The highest BCUT2D eigenvalue weighted by Crippen LogP contribution is 2.21. The van der Waals surface area contributed by atoms with Gasteiger partial charge in [0.15, 0.2) is 0 Å². The summed E-state index contributed by atoms with van der Waals surface area (Å²) in [5.74, 6) is 0. The van der Waals surface area contributed by atoms with Crippen LogP contribution in [0.25, 0.3) is 0 Å². The van der Waals surface area contributed by atoms with Crippen molar-refractivity contribution in [3.8, 4) is 0 Å². The van der Waals surface area contributed by atoms with Crippen LogP contribution >= 0.6 is 22.5 Å². The molecule has 42 valence electrons. The second kappa shape index (κ2) is 3.01. The first-order valence-electron chi connectivity index (χ1n) is 2.08. The molecule has 0 spiro atoms. The fraction of sp³-hybridized carbons (Fsp3) is 0.333. The number of rotatable bonds is 2. The van der Waals surface area contributed by atoms with Gasteiger partial charge in [-0.3, -0.25) is 0 Å². The first-order valence-corrected chi connectivity index (χ1v) is 5.95. The SMILES string of the molecule is C=CC([SiH3])([SiH3])SS. The minimum absolute atomic E-state index is 0.406. The van der Waals surface area contributed by atoms with E-state index in [1.54, 1.807) is 10.8 Å². The van der Waals surface area contributed by atoms with Crippen molar-refractivity contribution in [2.75, 3.05) is 0 Å². The summed E-state index contributed by atoms with van der Waals surface area (Å²) < 4.78 is 0.406. The lowest BCUT2D eigenvalue weighted by Crippen LogP contribution is -2.18. The van der Waals surface area contributed by atoms with E-state index in [0.29, 0.717) is 3.99 Å². The van der Waals surface area contributed by atoms with Gasteiger partial charge < -0.3 is 0 Å². The van der Waals surface area contributed by atoms with Gasteiger partial charge in [-0.1, -0.05) is 16.9 Å². The van der Waals surface area contributed by atoms with E-state index in [0.717, 1.165) is 0 Å². The summed E-state index contributed by atoms with van der Waals surface area (Å²) >= 11 is 4.10. The van der Waals surface area contributed by atoms with Crippen molar-refractivity contribution in [3.05, 3.63) is 12.7 Å². The van der Waals surface area contributed by atoms with Crippen LogP contribution in [0.2, 0.25) is 0 Å². The van der Waals surface area contributed by atoms with E-state index in [-0.39, 0.29) is 0 Å². The van der Waals surface area contributed by atoms with Gasteiger partial charge in [0.2, 0.25) is 0 Å². The van der Waals surface area contributed by atoms with Crippen LogP contribution in [0.1, 0.15) is 0 Å². The number of thiol groups is 1. The molecule has 0 N–H and O–H groups in total. The van der Waals surface area contributed by atoms with Gasteiger partial charge >= 0.3 is 0 Å². The van der Waals surface area contributed by atoms with Crippen LogP contribution in [0.3, 0.4) is 0 Å². The van der Waals surface area contributed by atoms with Crippen molar-refractivity contribution in [1.29, 1.82) is 0 Å². The quantitative estimate of drug-likeness (QED) is 0.241. The molecule has 0 nitrogen and oxygen atoms in total. The average Bonchev–Trinajstić information content (AvgIpc) is 1.68. The molecule has 0 aliphatic carbocycles. The molecule has 0 radical (unpaired) electrons. The Hall–Kier alpha value is 0.874. The Bertz CT molecular complexity index is 71.3. The molecule has 0 fully saturated rings. The molecule has 0 atom stereocenters. The molecule has 0 aliphatic heterocycles. The van der Waals surface area contributed by atoms with Gasteiger partial charge in [0.25, 0.3) is 0 Å². The van der Waals surface area contributed by atoms with Crippen LogP contribution in [-0.4, -0.2) is 24.5 Å². The Kier molecular flexibility index (Phi) is 3.39. The number of hydrogen-bond acceptors (Lipinski definition) is 2. The predicted molar refractivity (Wildman–Crippen MR) is 49.4 cm³/mol. The van der Waals surface area contributed by atoms with Gasteiger partial charge in [0.05, 0.1) is 0 Å². The molecule has 0 aromatic carbocycles. The van der Waals surface area contributed by atoms with E-state index in [9.17, 15) is 0 Å². The van der Waals surface area contributed by atoms with E-state index >= 15 is 0 Å². The summed E-state index contributed by atoms with van der Waals surface area (Å²) in [6, 6.07) is 0. The monoisotopic (exact) mass is 166 g/mol. The Labute approximate surface area is 59.8 Å². The van der Waals surface area contributed by atoms with Crippen LogP contribution in [0, 0.1) is 0 Å². The Morgan fingerprint density at radius 1 is 1.71 bits per heavy atom. The van der Waals surface area contributed by atoms with Gasteiger partial charge in [-0.25, -0.2) is 0 Å². The van der Waals surface area contributed by atoms with Gasteiger partial charge in [-0.2, -0.15) is 0 Å². The molecular formula is C3H10S2Si2. The van der Waals surface area contributed by atoms with Crippen LogP contribution in [0.15, 0.2) is 12.7 Å². The van der Waals surface area contributed by atoms with Crippen molar-refractivity contribution in [2.24, 2.45) is 0 Å². The fourth-order valence-electron chi connectivity index (χ4n) is 0.0373. The van der Waals surface area contributed by atoms with Gasteiger partial charge in [0.1, 0.15) is 0 Å². The Morgan fingerprint density at radius 3 is 2.14 bits per heavy atom. The lowest BCUT2D eigenvalue weighted by Gasteiger charge is -2.13. The number of hydrogen-bond donors (Lipinski definition) is 1. The molecule has 0 saturated carbocycles. The molecule has 0 rings (SSSR count). The molecule has 0 saturated heterocycles. The Balaban J connectivity index is 3.58. The lowest BCUT2D eigenvalue weighted by molar-refractivity contribution is 1.52. The van der Waals surface area contributed by atoms with Crippen molar-refractivity contribution in [1.82, 2.24) is 0 Å². The van der Waals surface area contributed by atoms with Crippen molar-refractivity contribution in [2.45, 2.75) is 3.99 Å². The highest BCUT2D eigenvalue weighted by Gasteiger charge is 2.08. The third-order valence-electron chi connectivity index (χ3n) is 0.727. The first-order chi connectivity index (χ1) is 3.12. The zero-order chi connectivity index (χ0) is 5.91. The predicted octanol–water partition coefficient (Wildman–Crippen LogP) is -0.865. The van der Waals surface area contributed by atoms with Crippen LogP contribution in [0.5, 0.6) is 0 Å². The van der Waals surface area contributed by atoms with Crippen LogP contribution in [0.4, 0.5) is 0 Å². The van der Waals surface area contributed by atoms with Crippen LogP contribution < -0.4 is 0 Å². The topological polar surface area (TPSA) is 0 Å². The zero-order valence-electron chi connectivity index (χ0n) is 4.64. The standard InChI is InChI=1S/C3H10S2Si2/c1-2-3(6,7)5-4/h2,4H,1H2,6-7H3. The van der Waals surface area contributed by atoms with E-state index in [1.807, 2.05) is 6.08 Å². The van der Waals surface area contributed by atoms with Crippen molar-refractivity contribution < 1.29 is 0 Å². The first kappa shape index (κ1) is 7.87. The molecule has 0 aromatic heterocycles. The molecule has 0 aliphatic rings. The molecule has 0 amide bonds. The minimum atomic E-state index is 0.406. The second-order valence-corrected chi connectivity index (χ2v) is 11.3. The maximum atomic E-state index is 4.10. The molecule has 0 unspecified atom stereocenters. The molecule has 0 heterocycles. The fourth-order valence-corrected chi connectivity index (χ4v) is 0.335. The average molecular weight is 166 g/mol. The van der Waals surface area contributed by atoms with E-state index in [4.69, 9.17) is 0 Å². The second-order valence-electron chi connectivity index (χ2n) is 1.90. The zero-order valence-corrected chi connectivity index (χ0v) is 10.4. The maximum Gasteiger partial charge on any atom is 0.0242 e. The van der Waals surface area contributed by atoms with Crippen molar-refractivity contribution >= 4 is 42.9 Å². The van der Waals surface area contributed by atoms with Gasteiger partial charge in [0, 0.05) is 24.5 Å². The smallest absolute Gasteiger partial charge is 0.0242 e. The minimum Gasteiger partial charge on any atom is -0.111 e. The summed E-state index contributed by atoms with van der Waals surface area (Å²) in [5, 5.41) is 0. The summed E-state index contributed by atoms with van der Waals surface area (Å²) in [6.07, 6.45) is 2.00. The van der Waals surface area contributed by atoms with Gasteiger partial charge in [-0.05, 0) is 0 Å². The Morgan fingerprint density at radius 2 is 2.14 bits per heavy atom. The van der Waals surface area contributed by atoms with E-state index < -0.39 is 0 Å². The third-order valence-corrected chi connectivity index (χ3v) is 6.88. The molecule has 0 bridgehead atoms. The third kappa shape index (κ3) is 3.46. The van der Waals surface area contributed by atoms with Crippen LogP contribution in [-0.2, 0) is 0 Å². The maximum absolute atomic E-state index is 4.10. The summed E-state index contributed by atoms with van der Waals surface area (Å²) in [5.41, 5.74) is 0. The highest BCUT2D eigenvalue weighted by molar-refractivity contribution is 8.69. The molecule has 0 aromatic rings. The van der Waals surface area contributed by atoms with Crippen molar-refractivity contribution in [3.63, 3.8) is 0 Å². The molecule has 4 heteroatoms. The summed E-state index contributed by atoms with van der Waals surface area (Å²) in [4.78, 5) is 0. The largest absolute Gasteiger partial charge is 0.111 e. The molecule has 7 heavy (non-hydrogen) atoms. The lowest BCUT2D eigenvalue weighted by atomic mass is 10.7. The van der Waals surface area contributed by atoms with E-state index in [2.05, 4.69) is 18.2 Å². The molecular weight excluding hydrogens is 156 g/mol. The summed E-state index contributed by atoms with van der Waals surface area (Å²) in [6.45, 7) is 3.70.